The summed E-state index contributed by atoms with van der Waals surface area (Å²) in [5.41, 5.74) is 1.13. The van der Waals surface area contributed by atoms with Crippen molar-refractivity contribution in [3.8, 4) is 11.5 Å². The first-order valence-electron chi connectivity index (χ1n) is 10.3. The van der Waals surface area contributed by atoms with Gasteiger partial charge in [-0.05, 0) is 31.0 Å². The van der Waals surface area contributed by atoms with Crippen LogP contribution in [0.3, 0.4) is 0 Å². The number of amides is 1. The van der Waals surface area contributed by atoms with E-state index in [-0.39, 0.29) is 35.8 Å². The van der Waals surface area contributed by atoms with E-state index in [0.29, 0.717) is 13.1 Å². The van der Waals surface area contributed by atoms with Crippen molar-refractivity contribution >= 4 is 35.8 Å². The number of ether oxygens (including phenoxy) is 2. The zero-order valence-corrected chi connectivity index (χ0v) is 20.5. The molecule has 1 aromatic carbocycles. The van der Waals surface area contributed by atoms with Crippen molar-refractivity contribution in [2.45, 2.75) is 19.4 Å². The van der Waals surface area contributed by atoms with E-state index in [1.54, 1.807) is 21.3 Å². The Bertz CT molecular complexity index is 719. The van der Waals surface area contributed by atoms with E-state index in [9.17, 15) is 4.79 Å². The van der Waals surface area contributed by atoms with Crippen LogP contribution in [0, 0.1) is 5.92 Å². The minimum Gasteiger partial charge on any atom is -0.497 e. The molecule has 30 heavy (non-hydrogen) atoms. The maximum atomic E-state index is 11.7. The second-order valence-corrected chi connectivity index (χ2v) is 7.48. The molecule has 1 amide bonds. The number of halogens is 1. The van der Waals surface area contributed by atoms with Crippen LogP contribution < -0.4 is 20.1 Å². The molecule has 0 unspecified atom stereocenters. The monoisotopic (exact) mass is 531 g/mol. The molecular weight excluding hydrogens is 497 g/mol. The van der Waals surface area contributed by atoms with Gasteiger partial charge < -0.3 is 25.0 Å². The van der Waals surface area contributed by atoms with E-state index in [1.807, 2.05) is 18.2 Å². The molecule has 3 rings (SSSR count). The van der Waals surface area contributed by atoms with E-state index in [0.717, 1.165) is 68.6 Å². The molecule has 0 spiro atoms. The van der Waals surface area contributed by atoms with Crippen molar-refractivity contribution in [1.82, 2.24) is 20.4 Å². The van der Waals surface area contributed by atoms with Gasteiger partial charge in [-0.3, -0.25) is 14.7 Å². The van der Waals surface area contributed by atoms with Gasteiger partial charge in [0.15, 0.2) is 5.96 Å². The molecule has 2 aliphatic rings. The Morgan fingerprint density at radius 3 is 2.40 bits per heavy atom. The number of carbonyl (C=O) groups excluding carboxylic acids is 1. The predicted octanol–water partition coefficient (Wildman–Crippen LogP) is 1.54. The third kappa shape index (κ3) is 6.90. The third-order valence-electron chi connectivity index (χ3n) is 5.42. The van der Waals surface area contributed by atoms with Gasteiger partial charge in [0.1, 0.15) is 11.5 Å². The normalized spacial score (nSPS) is 17.2. The smallest absolute Gasteiger partial charge is 0.223 e. The molecule has 0 aromatic heterocycles. The third-order valence-corrected chi connectivity index (χ3v) is 5.42. The Morgan fingerprint density at radius 2 is 1.80 bits per heavy atom. The summed E-state index contributed by atoms with van der Waals surface area (Å²) in [5, 5.41) is 6.33. The maximum absolute atomic E-state index is 11.7. The Hall–Kier alpha value is -1.75. The van der Waals surface area contributed by atoms with Gasteiger partial charge in [-0.25, -0.2) is 0 Å². The zero-order valence-electron chi connectivity index (χ0n) is 18.1. The summed E-state index contributed by atoms with van der Waals surface area (Å²) in [6.07, 6.45) is 2.07. The summed E-state index contributed by atoms with van der Waals surface area (Å²) in [7, 11) is 5.19. The zero-order chi connectivity index (χ0) is 20.6. The largest absolute Gasteiger partial charge is 0.497 e. The fourth-order valence-corrected chi connectivity index (χ4v) is 3.55. The van der Waals surface area contributed by atoms with E-state index in [1.165, 1.54) is 0 Å². The van der Waals surface area contributed by atoms with Crippen molar-refractivity contribution in [3.63, 3.8) is 0 Å². The van der Waals surface area contributed by atoms with Crippen LogP contribution in [0.1, 0.15) is 18.4 Å². The second kappa shape index (κ2) is 12.2. The molecule has 8 nitrogen and oxygen atoms in total. The molecule has 0 bridgehead atoms. The topological polar surface area (TPSA) is 78.4 Å². The summed E-state index contributed by atoms with van der Waals surface area (Å²) >= 11 is 0. The predicted molar refractivity (Wildman–Crippen MR) is 129 cm³/mol. The Labute approximate surface area is 196 Å². The number of hydrogen-bond acceptors (Lipinski definition) is 5. The number of hydrogen-bond donors (Lipinski definition) is 2. The highest BCUT2D eigenvalue weighted by Crippen LogP contribution is 2.28. The van der Waals surface area contributed by atoms with E-state index in [4.69, 9.17) is 9.47 Å². The number of methoxy groups -OCH3 is 2. The summed E-state index contributed by atoms with van der Waals surface area (Å²) < 4.78 is 10.9. The minimum atomic E-state index is 0. The first-order valence-corrected chi connectivity index (χ1v) is 10.3. The van der Waals surface area contributed by atoms with Gasteiger partial charge in [-0.2, -0.15) is 0 Å². The summed E-state index contributed by atoms with van der Waals surface area (Å²) in [4.78, 5) is 20.8. The van der Waals surface area contributed by atoms with E-state index >= 15 is 0 Å². The number of benzene rings is 1. The molecule has 2 N–H and O–H groups in total. The van der Waals surface area contributed by atoms with Crippen LogP contribution in [0.4, 0.5) is 0 Å². The van der Waals surface area contributed by atoms with Crippen LogP contribution in [0.2, 0.25) is 0 Å². The number of nitrogens with zero attached hydrogens (tertiary/aromatic N) is 3. The quantitative estimate of drug-likeness (QED) is 0.230. The average Bonchev–Trinajstić information content (AvgIpc) is 3.60. The lowest BCUT2D eigenvalue weighted by Gasteiger charge is -2.36. The van der Waals surface area contributed by atoms with Crippen LogP contribution in [-0.2, 0) is 11.3 Å². The highest BCUT2D eigenvalue weighted by atomic mass is 127. The molecule has 1 heterocycles. The Balaban J connectivity index is 0.00000320. The number of guanidine groups is 1. The van der Waals surface area contributed by atoms with Crippen molar-refractivity contribution in [2.24, 2.45) is 10.9 Å². The van der Waals surface area contributed by atoms with Gasteiger partial charge in [-0.15, -0.1) is 24.0 Å². The fourth-order valence-electron chi connectivity index (χ4n) is 3.55. The lowest BCUT2D eigenvalue weighted by atomic mass is 10.1. The van der Waals surface area contributed by atoms with Gasteiger partial charge in [0.05, 0.1) is 14.2 Å². The standard InChI is InChI=1S/C21H33N5O3.HI/c1-22-21(24-9-8-23-20(27)16-4-5-16)26-12-10-25(11-13-26)15-17-14-18(28-2)6-7-19(17)29-3;/h6-7,14,16H,4-5,8-13,15H2,1-3H3,(H,22,24)(H,23,27);1H. The minimum absolute atomic E-state index is 0. The van der Waals surface area contributed by atoms with E-state index in [2.05, 4.69) is 25.4 Å². The number of rotatable bonds is 8. The molecule has 0 radical (unpaired) electrons. The van der Waals surface area contributed by atoms with E-state index < -0.39 is 0 Å². The number of nitrogens with one attached hydrogen (secondary N) is 2. The first kappa shape index (κ1) is 24.5. The van der Waals surface area contributed by atoms with Crippen LogP contribution in [0.25, 0.3) is 0 Å². The van der Waals surface area contributed by atoms with Crippen LogP contribution in [0.15, 0.2) is 23.2 Å². The Kier molecular flexibility index (Phi) is 9.96. The average molecular weight is 531 g/mol. The number of piperazine rings is 1. The van der Waals surface area contributed by atoms with Gasteiger partial charge in [-0.1, -0.05) is 0 Å². The number of carbonyl (C=O) groups is 1. The van der Waals surface area contributed by atoms with Crippen molar-refractivity contribution in [2.75, 3.05) is 60.5 Å². The maximum Gasteiger partial charge on any atom is 0.223 e. The van der Waals surface area contributed by atoms with Crippen LogP contribution in [0.5, 0.6) is 11.5 Å². The molecule has 168 valence electrons. The SMILES string of the molecule is CN=C(NCCNC(=O)C1CC1)N1CCN(Cc2cc(OC)ccc2OC)CC1.I. The molecule has 1 aliphatic heterocycles. The second-order valence-electron chi connectivity index (χ2n) is 7.48. The molecule has 1 aliphatic carbocycles. The summed E-state index contributed by atoms with van der Waals surface area (Å²) in [6.45, 7) is 5.84. The highest BCUT2D eigenvalue weighted by molar-refractivity contribution is 14.0. The summed E-state index contributed by atoms with van der Waals surface area (Å²) in [5.74, 6) is 3.06. The van der Waals surface area contributed by atoms with Gasteiger partial charge in [0.2, 0.25) is 5.91 Å². The van der Waals surface area contributed by atoms with Crippen molar-refractivity contribution in [3.05, 3.63) is 23.8 Å². The molecular formula is C21H34IN5O3. The lowest BCUT2D eigenvalue weighted by Crippen LogP contribution is -2.53. The molecule has 1 aromatic rings. The summed E-state index contributed by atoms with van der Waals surface area (Å²) in [6, 6.07) is 5.92. The Morgan fingerprint density at radius 1 is 1.10 bits per heavy atom. The molecule has 0 atom stereocenters. The van der Waals surface area contributed by atoms with Crippen LogP contribution >= 0.6 is 24.0 Å². The molecule has 1 saturated heterocycles. The fraction of sp³-hybridized carbons (Fsp3) is 0.619. The lowest BCUT2D eigenvalue weighted by molar-refractivity contribution is -0.122. The van der Waals surface area contributed by atoms with Gasteiger partial charge in [0.25, 0.3) is 0 Å². The van der Waals surface area contributed by atoms with Crippen molar-refractivity contribution in [1.29, 1.82) is 0 Å². The van der Waals surface area contributed by atoms with Gasteiger partial charge in [0, 0.05) is 64.3 Å². The number of aliphatic imine (C=N–C) groups is 1. The van der Waals surface area contributed by atoms with Gasteiger partial charge >= 0.3 is 0 Å². The molecule has 1 saturated carbocycles. The molecule has 9 heteroatoms. The first-order chi connectivity index (χ1) is 14.1. The molecule has 2 fully saturated rings. The van der Waals surface area contributed by atoms with Crippen LogP contribution in [-0.4, -0.2) is 82.2 Å². The highest BCUT2D eigenvalue weighted by Gasteiger charge is 2.29. The van der Waals surface area contributed by atoms with Crippen molar-refractivity contribution < 1.29 is 14.3 Å².